The summed E-state index contributed by atoms with van der Waals surface area (Å²) in [6.07, 6.45) is 2.86. The van der Waals surface area contributed by atoms with Crippen molar-refractivity contribution < 1.29 is 9.90 Å². The molecule has 4 N–H and O–H groups in total. The molecule has 0 atom stereocenters. The molecule has 5 nitrogen and oxygen atoms in total. The molecule has 29 heavy (non-hydrogen) atoms. The number of pyridine rings is 1. The van der Waals surface area contributed by atoms with Crippen molar-refractivity contribution in [1.29, 1.82) is 0 Å². The van der Waals surface area contributed by atoms with Crippen LogP contribution in [0, 0.1) is 6.92 Å². The second kappa shape index (κ2) is 8.05. The first kappa shape index (κ1) is 19.2. The van der Waals surface area contributed by atoms with Crippen molar-refractivity contribution in [3.63, 3.8) is 0 Å². The molecule has 0 spiro atoms. The Kier molecular flexibility index (Phi) is 5.32. The summed E-state index contributed by atoms with van der Waals surface area (Å²) in [5, 5.41) is 11.4. The van der Waals surface area contributed by atoms with Crippen LogP contribution in [0.4, 0.5) is 0 Å². The van der Waals surface area contributed by atoms with Crippen LogP contribution in [0.2, 0.25) is 0 Å². The van der Waals surface area contributed by atoms with Gasteiger partial charge in [0.15, 0.2) is 0 Å². The number of carboxylic acid groups (broad SMARTS) is 1. The van der Waals surface area contributed by atoms with E-state index in [0.29, 0.717) is 6.54 Å². The molecular formula is C24H25N3O2. The Hall–Kier alpha value is -3.18. The van der Waals surface area contributed by atoms with Gasteiger partial charge in [0.2, 0.25) is 0 Å². The van der Waals surface area contributed by atoms with Gasteiger partial charge in [-0.2, -0.15) is 0 Å². The number of nitrogens with two attached hydrogens (primary N) is 1. The van der Waals surface area contributed by atoms with Crippen molar-refractivity contribution in [2.75, 3.05) is 6.54 Å². The fourth-order valence-corrected chi connectivity index (χ4v) is 3.99. The predicted molar refractivity (Wildman–Crippen MR) is 117 cm³/mol. The number of benzene rings is 2. The molecule has 0 aliphatic rings. The van der Waals surface area contributed by atoms with Gasteiger partial charge in [0.05, 0.1) is 17.6 Å². The third-order valence-corrected chi connectivity index (χ3v) is 5.35. The van der Waals surface area contributed by atoms with Crippen LogP contribution in [0.3, 0.4) is 0 Å². The zero-order valence-corrected chi connectivity index (χ0v) is 16.5. The van der Waals surface area contributed by atoms with E-state index in [1.54, 1.807) is 0 Å². The van der Waals surface area contributed by atoms with E-state index in [4.69, 9.17) is 5.73 Å². The molecule has 0 aliphatic carbocycles. The van der Waals surface area contributed by atoms with Gasteiger partial charge in [-0.15, -0.1) is 0 Å². The minimum absolute atomic E-state index is 0.0240. The van der Waals surface area contributed by atoms with Crippen LogP contribution in [0.1, 0.15) is 29.7 Å². The predicted octanol–water partition coefficient (Wildman–Crippen LogP) is 4.60. The van der Waals surface area contributed by atoms with E-state index in [1.807, 2.05) is 43.3 Å². The summed E-state index contributed by atoms with van der Waals surface area (Å²) < 4.78 is 0. The molecule has 148 valence electrons. The van der Waals surface area contributed by atoms with Gasteiger partial charge in [0.25, 0.3) is 0 Å². The van der Waals surface area contributed by atoms with Crippen molar-refractivity contribution >= 4 is 27.8 Å². The first-order valence-electron chi connectivity index (χ1n) is 9.99. The lowest BCUT2D eigenvalue weighted by atomic mass is 9.96. The fraction of sp³-hybridized carbons (Fsp3) is 0.250. The molecule has 2 aromatic heterocycles. The van der Waals surface area contributed by atoms with Gasteiger partial charge in [-0.25, -0.2) is 0 Å². The molecule has 2 heterocycles. The van der Waals surface area contributed by atoms with Gasteiger partial charge in [0.1, 0.15) is 0 Å². The first-order chi connectivity index (χ1) is 14.1. The fourth-order valence-electron chi connectivity index (χ4n) is 3.99. The zero-order valence-electron chi connectivity index (χ0n) is 16.5. The topological polar surface area (TPSA) is 92.0 Å². The molecule has 0 saturated carbocycles. The number of aromatic amines is 1. The molecule has 0 aliphatic heterocycles. The highest BCUT2D eigenvalue weighted by Crippen LogP contribution is 2.35. The standard InChI is InChI=1S/C24H25N3O2/c1-15-8-10-17-18(6-4-7-21(17)26-15)24-19(5-2-3-12-25)20-13-16(14-23(28)29)9-11-22(20)27-24/h4,6-11,13,27H,2-3,5,12,14,25H2,1H3,(H,28,29). The average molecular weight is 387 g/mol. The van der Waals surface area contributed by atoms with E-state index in [9.17, 15) is 9.90 Å². The monoisotopic (exact) mass is 387 g/mol. The van der Waals surface area contributed by atoms with Crippen molar-refractivity contribution in [3.8, 4) is 11.3 Å². The molecule has 5 heteroatoms. The Morgan fingerprint density at radius 1 is 1.10 bits per heavy atom. The summed E-state index contributed by atoms with van der Waals surface area (Å²) in [7, 11) is 0. The van der Waals surface area contributed by atoms with E-state index in [-0.39, 0.29) is 6.42 Å². The second-order valence-electron chi connectivity index (χ2n) is 7.50. The summed E-state index contributed by atoms with van der Waals surface area (Å²) in [5.74, 6) is -0.819. The molecule has 0 bridgehead atoms. The van der Waals surface area contributed by atoms with Gasteiger partial charge >= 0.3 is 5.97 Å². The Balaban J connectivity index is 1.91. The number of aliphatic carboxylic acids is 1. The van der Waals surface area contributed by atoms with E-state index < -0.39 is 5.97 Å². The summed E-state index contributed by atoms with van der Waals surface area (Å²) in [6.45, 7) is 2.66. The molecule has 0 fully saturated rings. The normalized spacial score (nSPS) is 11.4. The molecule has 0 radical (unpaired) electrons. The van der Waals surface area contributed by atoms with Crippen molar-refractivity contribution in [2.45, 2.75) is 32.6 Å². The quantitative estimate of drug-likeness (QED) is 0.404. The highest BCUT2D eigenvalue weighted by Gasteiger charge is 2.16. The number of aryl methyl sites for hydroxylation is 2. The van der Waals surface area contributed by atoms with Gasteiger partial charge in [0, 0.05) is 27.5 Å². The number of nitrogens with one attached hydrogen (secondary N) is 1. The lowest BCUT2D eigenvalue weighted by Crippen LogP contribution is -2.00. The average Bonchev–Trinajstić information content (AvgIpc) is 3.05. The number of unbranched alkanes of at least 4 members (excludes halogenated alkanes) is 1. The molecule has 0 amide bonds. The van der Waals surface area contributed by atoms with Crippen LogP contribution >= 0.6 is 0 Å². The number of H-pyrrole nitrogens is 1. The lowest BCUT2D eigenvalue weighted by Gasteiger charge is -2.09. The van der Waals surface area contributed by atoms with E-state index in [2.05, 4.69) is 22.1 Å². The third-order valence-electron chi connectivity index (χ3n) is 5.35. The highest BCUT2D eigenvalue weighted by molar-refractivity contribution is 5.99. The summed E-state index contributed by atoms with van der Waals surface area (Å²) in [4.78, 5) is 19.4. The minimum atomic E-state index is -0.819. The Labute approximate surface area is 169 Å². The number of rotatable bonds is 7. The Morgan fingerprint density at radius 3 is 2.76 bits per heavy atom. The smallest absolute Gasteiger partial charge is 0.307 e. The maximum atomic E-state index is 11.2. The van der Waals surface area contributed by atoms with Crippen LogP contribution in [-0.2, 0) is 17.6 Å². The van der Waals surface area contributed by atoms with E-state index in [0.717, 1.165) is 63.6 Å². The van der Waals surface area contributed by atoms with Crippen LogP contribution in [0.5, 0.6) is 0 Å². The number of carbonyl (C=O) groups is 1. The third kappa shape index (κ3) is 3.87. The molecule has 0 saturated heterocycles. The maximum absolute atomic E-state index is 11.2. The largest absolute Gasteiger partial charge is 0.481 e. The van der Waals surface area contributed by atoms with Crippen LogP contribution in [-0.4, -0.2) is 27.6 Å². The first-order valence-corrected chi connectivity index (χ1v) is 9.99. The second-order valence-corrected chi connectivity index (χ2v) is 7.50. The number of carboxylic acids is 1. The number of nitrogens with zero attached hydrogens (tertiary/aromatic N) is 1. The summed E-state index contributed by atoms with van der Waals surface area (Å²) in [6, 6.07) is 16.2. The zero-order chi connectivity index (χ0) is 20.4. The van der Waals surface area contributed by atoms with E-state index >= 15 is 0 Å². The Bertz CT molecular complexity index is 1190. The van der Waals surface area contributed by atoms with Gasteiger partial charge in [-0.1, -0.05) is 24.3 Å². The summed E-state index contributed by atoms with van der Waals surface area (Å²) >= 11 is 0. The van der Waals surface area contributed by atoms with Crippen LogP contribution in [0.15, 0.2) is 48.5 Å². The van der Waals surface area contributed by atoms with E-state index in [1.165, 1.54) is 5.56 Å². The number of fused-ring (bicyclic) bond motifs is 2. The van der Waals surface area contributed by atoms with Crippen molar-refractivity contribution in [3.05, 3.63) is 65.4 Å². The molecule has 0 unspecified atom stereocenters. The number of hydrogen-bond acceptors (Lipinski definition) is 3. The highest BCUT2D eigenvalue weighted by atomic mass is 16.4. The van der Waals surface area contributed by atoms with Gasteiger partial charge in [-0.3, -0.25) is 9.78 Å². The molecule has 4 rings (SSSR count). The SMILES string of the molecule is Cc1ccc2c(-c3[nH]c4ccc(CC(=O)O)cc4c3CCCCN)cccc2n1. The molecule has 4 aromatic rings. The van der Waals surface area contributed by atoms with Crippen LogP contribution < -0.4 is 5.73 Å². The minimum Gasteiger partial charge on any atom is -0.481 e. The Morgan fingerprint density at radius 2 is 1.97 bits per heavy atom. The summed E-state index contributed by atoms with van der Waals surface area (Å²) in [5.41, 5.74) is 12.9. The van der Waals surface area contributed by atoms with Crippen LogP contribution in [0.25, 0.3) is 33.1 Å². The number of aromatic nitrogens is 2. The molecule has 2 aromatic carbocycles. The number of hydrogen-bond donors (Lipinski definition) is 3. The molecular weight excluding hydrogens is 362 g/mol. The van der Waals surface area contributed by atoms with Crippen molar-refractivity contribution in [2.24, 2.45) is 5.73 Å². The van der Waals surface area contributed by atoms with Gasteiger partial charge < -0.3 is 15.8 Å². The lowest BCUT2D eigenvalue weighted by molar-refractivity contribution is -0.136. The van der Waals surface area contributed by atoms with Crippen molar-refractivity contribution in [1.82, 2.24) is 9.97 Å². The maximum Gasteiger partial charge on any atom is 0.307 e. The van der Waals surface area contributed by atoms with Gasteiger partial charge in [-0.05, 0) is 68.1 Å².